The SMILES string of the molecule is Cc1ccc(-c2cc(OC(=O)N(C)c3cc(C(F)(F)F)ccc3Cl)nc(Nc3ccc(OCCCN4CCCCC4)c(F)c3)n2)c(C)c1C. The highest BCUT2D eigenvalue weighted by Crippen LogP contribution is 2.36. The first-order valence-electron chi connectivity index (χ1n) is 16.0. The van der Waals surface area contributed by atoms with E-state index in [9.17, 15) is 18.0 Å². The molecule has 2 heterocycles. The summed E-state index contributed by atoms with van der Waals surface area (Å²) in [4.78, 5) is 25.4. The molecule has 1 aliphatic rings. The number of carbonyl (C=O) groups excluding carboxylic acids is 1. The minimum Gasteiger partial charge on any atom is -0.490 e. The van der Waals surface area contributed by atoms with E-state index < -0.39 is 23.7 Å². The Morgan fingerprint density at radius 3 is 2.45 bits per heavy atom. The van der Waals surface area contributed by atoms with Crippen LogP contribution >= 0.6 is 11.6 Å². The molecule has 260 valence electrons. The molecule has 49 heavy (non-hydrogen) atoms. The standard InChI is InChI=1S/C36H38ClF4N5O3/c1-22-9-12-27(24(3)23(22)2)30-21-33(49-35(47)45(4)31-19-25(36(39,40)41)10-13-28(31)37)44-34(43-30)42-26-11-14-32(29(38)20-26)48-18-8-17-46-15-6-5-7-16-46/h9-14,19-21H,5-8,15-18H2,1-4H3,(H,42,43,44). The first-order valence-corrected chi connectivity index (χ1v) is 16.4. The van der Waals surface area contributed by atoms with Gasteiger partial charge in [-0.3, -0.25) is 4.90 Å². The zero-order valence-electron chi connectivity index (χ0n) is 27.8. The summed E-state index contributed by atoms with van der Waals surface area (Å²) in [5.74, 6) is -0.655. The summed E-state index contributed by atoms with van der Waals surface area (Å²) in [6, 6.07) is 12.3. The number of rotatable bonds is 10. The van der Waals surface area contributed by atoms with Crippen molar-refractivity contribution in [1.29, 1.82) is 0 Å². The second-order valence-corrected chi connectivity index (χ2v) is 12.5. The molecule has 1 amide bonds. The van der Waals surface area contributed by atoms with Crippen LogP contribution in [0.3, 0.4) is 0 Å². The van der Waals surface area contributed by atoms with Gasteiger partial charge in [0.05, 0.1) is 28.6 Å². The molecule has 8 nitrogen and oxygen atoms in total. The summed E-state index contributed by atoms with van der Waals surface area (Å²) in [5, 5.41) is 2.89. The van der Waals surface area contributed by atoms with Crippen LogP contribution < -0.4 is 19.7 Å². The van der Waals surface area contributed by atoms with Crippen molar-refractivity contribution in [2.24, 2.45) is 0 Å². The number of hydrogen-bond acceptors (Lipinski definition) is 7. The predicted octanol–water partition coefficient (Wildman–Crippen LogP) is 9.51. The molecule has 1 aliphatic heterocycles. The lowest BCUT2D eigenvalue weighted by Crippen LogP contribution is -2.31. The van der Waals surface area contributed by atoms with Crippen LogP contribution in [-0.4, -0.2) is 54.2 Å². The van der Waals surface area contributed by atoms with Crippen LogP contribution in [0.5, 0.6) is 11.6 Å². The molecule has 1 N–H and O–H groups in total. The Labute approximate surface area is 288 Å². The molecule has 0 spiro atoms. The third-order valence-electron chi connectivity index (χ3n) is 8.65. The Bertz CT molecular complexity index is 1810. The van der Waals surface area contributed by atoms with Crippen molar-refractivity contribution in [3.8, 4) is 22.9 Å². The highest BCUT2D eigenvalue weighted by atomic mass is 35.5. The molecular weight excluding hydrogens is 662 g/mol. The first-order chi connectivity index (χ1) is 23.3. The predicted molar refractivity (Wildman–Crippen MR) is 183 cm³/mol. The number of alkyl halides is 3. The molecule has 4 aromatic rings. The number of hydrogen-bond donors (Lipinski definition) is 1. The van der Waals surface area contributed by atoms with Crippen molar-refractivity contribution in [1.82, 2.24) is 14.9 Å². The quantitative estimate of drug-likeness (QED) is 0.130. The number of anilines is 3. The largest absolute Gasteiger partial charge is 0.490 e. The highest BCUT2D eigenvalue weighted by molar-refractivity contribution is 6.33. The molecule has 3 aromatic carbocycles. The zero-order chi connectivity index (χ0) is 35.3. The van der Waals surface area contributed by atoms with E-state index in [2.05, 4.69) is 20.2 Å². The van der Waals surface area contributed by atoms with Gasteiger partial charge in [-0.25, -0.2) is 14.2 Å². The maximum Gasteiger partial charge on any atom is 0.420 e. The number of carbonyl (C=O) groups is 1. The van der Waals surface area contributed by atoms with E-state index in [4.69, 9.17) is 21.1 Å². The van der Waals surface area contributed by atoms with Crippen molar-refractivity contribution in [3.05, 3.63) is 87.7 Å². The maximum atomic E-state index is 15.1. The summed E-state index contributed by atoms with van der Waals surface area (Å²) in [5.41, 5.74) is 3.31. The van der Waals surface area contributed by atoms with E-state index in [0.29, 0.717) is 18.0 Å². The topological polar surface area (TPSA) is 79.8 Å². The average Bonchev–Trinajstić information content (AvgIpc) is 3.06. The number of nitrogens with zero attached hydrogens (tertiary/aromatic N) is 4. The summed E-state index contributed by atoms with van der Waals surface area (Å²) in [6.07, 6.45) is -1.22. The Balaban J connectivity index is 1.37. The molecule has 0 bridgehead atoms. The fourth-order valence-corrected chi connectivity index (χ4v) is 5.83. The van der Waals surface area contributed by atoms with Crippen molar-refractivity contribution in [2.75, 3.05) is 43.5 Å². The van der Waals surface area contributed by atoms with Crippen LogP contribution in [-0.2, 0) is 6.18 Å². The van der Waals surface area contributed by atoms with Gasteiger partial charge in [0.15, 0.2) is 11.6 Å². The fraction of sp³-hybridized carbons (Fsp3) is 0.361. The lowest BCUT2D eigenvalue weighted by molar-refractivity contribution is -0.137. The Kier molecular flexibility index (Phi) is 11.3. The number of halogens is 5. The molecule has 13 heteroatoms. The van der Waals surface area contributed by atoms with Crippen LogP contribution in [0.25, 0.3) is 11.3 Å². The highest BCUT2D eigenvalue weighted by Gasteiger charge is 2.32. The van der Waals surface area contributed by atoms with Crippen LogP contribution in [0.2, 0.25) is 5.02 Å². The number of nitrogens with one attached hydrogen (secondary N) is 1. The zero-order valence-corrected chi connectivity index (χ0v) is 28.5. The Morgan fingerprint density at radius 1 is 0.980 bits per heavy atom. The van der Waals surface area contributed by atoms with Gasteiger partial charge < -0.3 is 19.7 Å². The molecule has 5 rings (SSSR count). The van der Waals surface area contributed by atoms with E-state index in [-0.39, 0.29) is 28.3 Å². The van der Waals surface area contributed by atoms with Gasteiger partial charge in [-0.2, -0.15) is 18.2 Å². The Morgan fingerprint density at radius 2 is 1.73 bits per heavy atom. The van der Waals surface area contributed by atoms with Crippen LogP contribution in [0, 0.1) is 26.6 Å². The number of piperidine rings is 1. The van der Waals surface area contributed by atoms with Gasteiger partial charge in [0.1, 0.15) is 0 Å². The van der Waals surface area contributed by atoms with Gasteiger partial charge in [0.2, 0.25) is 11.8 Å². The van der Waals surface area contributed by atoms with Gasteiger partial charge >= 0.3 is 12.3 Å². The van der Waals surface area contributed by atoms with Crippen molar-refractivity contribution >= 4 is 35.0 Å². The molecule has 0 saturated carbocycles. The molecule has 0 atom stereocenters. The molecule has 0 radical (unpaired) electrons. The van der Waals surface area contributed by atoms with Crippen molar-refractivity contribution in [3.63, 3.8) is 0 Å². The smallest absolute Gasteiger partial charge is 0.420 e. The molecule has 0 aliphatic carbocycles. The molecule has 1 aromatic heterocycles. The minimum atomic E-state index is -4.65. The number of aromatic nitrogens is 2. The summed E-state index contributed by atoms with van der Waals surface area (Å²) in [7, 11) is 1.23. The van der Waals surface area contributed by atoms with Gasteiger partial charge in [0.25, 0.3) is 0 Å². The number of amides is 1. The first kappa shape index (κ1) is 35.9. The van der Waals surface area contributed by atoms with E-state index >= 15 is 4.39 Å². The minimum absolute atomic E-state index is 0.00715. The third-order valence-corrected chi connectivity index (χ3v) is 8.97. The lowest BCUT2D eigenvalue weighted by Gasteiger charge is -2.26. The lowest BCUT2D eigenvalue weighted by atomic mass is 9.97. The second-order valence-electron chi connectivity index (χ2n) is 12.1. The molecule has 0 unspecified atom stereocenters. The number of likely N-dealkylation sites (tertiary alicyclic amines) is 1. The second kappa shape index (κ2) is 15.4. The summed E-state index contributed by atoms with van der Waals surface area (Å²) in [6.45, 7) is 9.36. The summed E-state index contributed by atoms with van der Waals surface area (Å²) >= 11 is 6.15. The van der Waals surface area contributed by atoms with Gasteiger partial charge in [0, 0.05) is 37.0 Å². The van der Waals surface area contributed by atoms with Crippen LogP contribution in [0.4, 0.5) is 39.7 Å². The van der Waals surface area contributed by atoms with Gasteiger partial charge in [-0.05, 0) is 100 Å². The van der Waals surface area contributed by atoms with E-state index in [0.717, 1.165) is 71.4 Å². The third kappa shape index (κ3) is 8.98. The van der Waals surface area contributed by atoms with E-state index in [1.807, 2.05) is 32.9 Å². The van der Waals surface area contributed by atoms with E-state index in [1.165, 1.54) is 44.5 Å². The van der Waals surface area contributed by atoms with Crippen molar-refractivity contribution in [2.45, 2.75) is 52.6 Å². The summed E-state index contributed by atoms with van der Waals surface area (Å²) < 4.78 is 66.4. The number of benzene rings is 3. The molecule has 1 fully saturated rings. The monoisotopic (exact) mass is 699 g/mol. The normalized spacial score (nSPS) is 13.7. The molecule has 1 saturated heterocycles. The maximum absolute atomic E-state index is 15.1. The van der Waals surface area contributed by atoms with E-state index in [1.54, 1.807) is 6.07 Å². The number of ether oxygens (including phenoxy) is 2. The average molecular weight is 700 g/mol. The van der Waals surface area contributed by atoms with Gasteiger partial charge in [-0.15, -0.1) is 0 Å². The number of aryl methyl sites for hydroxylation is 1. The van der Waals surface area contributed by atoms with Crippen molar-refractivity contribution < 1.29 is 31.8 Å². The Hall–Kier alpha value is -4.42. The molecular formula is C36H38ClF4N5O3. The fourth-order valence-electron chi connectivity index (χ4n) is 5.59. The van der Waals surface area contributed by atoms with Crippen LogP contribution in [0.15, 0.2) is 54.6 Å². The van der Waals surface area contributed by atoms with Crippen LogP contribution in [0.1, 0.15) is 47.9 Å². The van der Waals surface area contributed by atoms with Gasteiger partial charge in [-0.1, -0.05) is 30.2 Å².